The number of allylic oxidation sites excluding steroid dienone is 1. The van der Waals surface area contributed by atoms with Crippen LogP contribution in [0.5, 0.6) is 0 Å². The Hall–Kier alpha value is -3.16. The molecule has 2 aromatic carbocycles. The van der Waals surface area contributed by atoms with Gasteiger partial charge in [-0.25, -0.2) is 4.79 Å². The van der Waals surface area contributed by atoms with Crippen molar-refractivity contribution in [2.24, 2.45) is 5.41 Å². The number of carbonyl (C=O) groups excluding carboxylic acids is 2. The number of nitrogens with one attached hydrogen (secondary N) is 2. The van der Waals surface area contributed by atoms with Gasteiger partial charge in [-0.05, 0) is 67.6 Å². The number of hydrogen-bond acceptors (Lipinski definition) is 4. The number of hydrogen-bond donors (Lipinski definition) is 2. The standard InChI is InChI=1S/C35H52N2O4Si/c1-11-12-20-27(21-19-26-36-31(38)30(33(2,3)4)37-32(39)40-34(5,6)7)41-42(35(8,9)10,28-22-15-13-16-23-28)29-24-17-14-18-25-29/h11-19,22-27,30H,20-21H2,1-10H3,(H,36,38)(H,37,39)/b12-11-,26-19-/t27-,30-/m1/s1. The zero-order valence-electron chi connectivity index (χ0n) is 27.3. The molecule has 2 N–H and O–H groups in total. The lowest BCUT2D eigenvalue weighted by Gasteiger charge is -2.45. The van der Waals surface area contributed by atoms with Crippen LogP contribution in [0.1, 0.15) is 82.1 Å². The van der Waals surface area contributed by atoms with E-state index in [9.17, 15) is 9.59 Å². The molecular formula is C35H52N2O4Si. The monoisotopic (exact) mass is 592 g/mol. The minimum atomic E-state index is -2.74. The lowest BCUT2D eigenvalue weighted by molar-refractivity contribution is -0.124. The lowest BCUT2D eigenvalue weighted by atomic mass is 9.86. The van der Waals surface area contributed by atoms with E-state index in [0.717, 1.165) is 6.42 Å². The third kappa shape index (κ3) is 9.98. The summed E-state index contributed by atoms with van der Waals surface area (Å²) in [5.41, 5.74) is -1.17. The highest BCUT2D eigenvalue weighted by Gasteiger charge is 2.51. The molecule has 6 nitrogen and oxygen atoms in total. The van der Waals surface area contributed by atoms with Crippen molar-refractivity contribution < 1.29 is 18.8 Å². The molecule has 0 aliphatic carbocycles. The number of benzene rings is 2. The number of alkyl carbamates (subject to hydrolysis) is 1. The molecule has 0 aromatic heterocycles. The quantitative estimate of drug-likeness (QED) is 0.221. The summed E-state index contributed by atoms with van der Waals surface area (Å²) in [5, 5.41) is 7.93. The minimum absolute atomic E-state index is 0.112. The van der Waals surface area contributed by atoms with Crippen LogP contribution >= 0.6 is 0 Å². The van der Waals surface area contributed by atoms with Crippen LogP contribution in [-0.4, -0.2) is 38.1 Å². The fourth-order valence-corrected chi connectivity index (χ4v) is 9.67. The second-order valence-electron chi connectivity index (χ2n) is 13.8. The number of amides is 2. The van der Waals surface area contributed by atoms with Crippen LogP contribution in [-0.2, 0) is 14.0 Å². The number of carbonyl (C=O) groups is 2. The molecule has 0 fully saturated rings. The van der Waals surface area contributed by atoms with E-state index < -0.39 is 31.5 Å². The number of ether oxygens (including phenoxy) is 1. The Labute approximate surface area is 255 Å². The van der Waals surface area contributed by atoms with Gasteiger partial charge >= 0.3 is 6.09 Å². The highest BCUT2D eigenvalue weighted by molar-refractivity contribution is 6.99. The van der Waals surface area contributed by atoms with Gasteiger partial charge in [0.1, 0.15) is 11.6 Å². The van der Waals surface area contributed by atoms with Crippen molar-refractivity contribution in [1.29, 1.82) is 0 Å². The van der Waals surface area contributed by atoms with Crippen molar-refractivity contribution in [2.45, 2.75) is 105 Å². The van der Waals surface area contributed by atoms with Crippen molar-refractivity contribution in [3.63, 3.8) is 0 Å². The van der Waals surface area contributed by atoms with Gasteiger partial charge in [-0.2, -0.15) is 0 Å². The first-order chi connectivity index (χ1) is 19.5. The molecule has 0 aliphatic rings. The van der Waals surface area contributed by atoms with Crippen molar-refractivity contribution in [1.82, 2.24) is 10.6 Å². The molecule has 0 saturated carbocycles. The van der Waals surface area contributed by atoms with Gasteiger partial charge in [-0.3, -0.25) is 4.79 Å². The Morgan fingerprint density at radius 3 is 1.74 bits per heavy atom. The first-order valence-electron chi connectivity index (χ1n) is 14.9. The van der Waals surface area contributed by atoms with Crippen molar-refractivity contribution in [3.05, 3.63) is 85.1 Å². The SMILES string of the molecule is C/C=C\C[C@H](C/C=C\NC(=O)[C@@H](NC(=O)OC(C)(C)C)C(C)(C)C)O[Si](c1ccccc1)(c1ccccc1)C(C)(C)C. The molecule has 230 valence electrons. The highest BCUT2D eigenvalue weighted by atomic mass is 28.4. The van der Waals surface area contributed by atoms with Crippen LogP contribution in [0.15, 0.2) is 85.1 Å². The predicted octanol–water partition coefficient (Wildman–Crippen LogP) is 6.86. The summed E-state index contributed by atoms with van der Waals surface area (Å²) in [6.07, 6.45) is 8.40. The first kappa shape index (κ1) is 35.0. The summed E-state index contributed by atoms with van der Waals surface area (Å²) in [6.45, 7) is 19.9. The summed E-state index contributed by atoms with van der Waals surface area (Å²) in [5.74, 6) is -0.303. The fourth-order valence-electron chi connectivity index (χ4n) is 4.97. The van der Waals surface area contributed by atoms with Gasteiger partial charge in [-0.1, -0.05) is 120 Å². The van der Waals surface area contributed by atoms with E-state index in [1.807, 2.05) is 52.0 Å². The average molecular weight is 593 g/mol. The van der Waals surface area contributed by atoms with Crippen LogP contribution in [0.2, 0.25) is 5.04 Å². The average Bonchev–Trinajstić information content (AvgIpc) is 2.89. The maximum atomic E-state index is 13.2. The van der Waals surface area contributed by atoms with Gasteiger partial charge < -0.3 is 19.8 Å². The third-order valence-corrected chi connectivity index (χ3v) is 12.0. The molecule has 0 saturated heterocycles. The van der Waals surface area contributed by atoms with Crippen molar-refractivity contribution in [2.75, 3.05) is 0 Å². The minimum Gasteiger partial charge on any atom is -0.444 e. The van der Waals surface area contributed by atoms with E-state index in [1.165, 1.54) is 10.4 Å². The van der Waals surface area contributed by atoms with Gasteiger partial charge in [0, 0.05) is 0 Å². The normalized spacial score (nSPS) is 14.5. The van der Waals surface area contributed by atoms with Crippen molar-refractivity contribution in [3.8, 4) is 0 Å². The van der Waals surface area contributed by atoms with E-state index in [4.69, 9.17) is 9.16 Å². The Kier molecular flexibility index (Phi) is 12.4. The van der Waals surface area contributed by atoms with E-state index >= 15 is 0 Å². The summed E-state index contributed by atoms with van der Waals surface area (Å²) in [4.78, 5) is 25.6. The smallest absolute Gasteiger partial charge is 0.408 e. The molecule has 0 radical (unpaired) electrons. The van der Waals surface area contributed by atoms with Crippen LogP contribution in [0, 0.1) is 5.41 Å². The van der Waals surface area contributed by atoms with E-state index in [0.29, 0.717) is 6.42 Å². The summed E-state index contributed by atoms with van der Waals surface area (Å²) in [7, 11) is -2.74. The number of rotatable bonds is 11. The van der Waals surface area contributed by atoms with Crippen LogP contribution in [0.3, 0.4) is 0 Å². The first-order valence-corrected chi connectivity index (χ1v) is 16.8. The van der Waals surface area contributed by atoms with Crippen molar-refractivity contribution >= 4 is 30.7 Å². The molecule has 2 aromatic rings. The Bertz CT molecular complexity index is 1150. The molecule has 42 heavy (non-hydrogen) atoms. The maximum Gasteiger partial charge on any atom is 0.408 e. The van der Waals surface area contributed by atoms with E-state index in [1.54, 1.807) is 27.0 Å². The third-order valence-electron chi connectivity index (χ3n) is 6.93. The second-order valence-corrected chi connectivity index (χ2v) is 18.1. The van der Waals surface area contributed by atoms with Crippen LogP contribution in [0.4, 0.5) is 4.79 Å². The molecule has 7 heteroatoms. The van der Waals surface area contributed by atoms with E-state index in [-0.39, 0.29) is 17.0 Å². The lowest BCUT2D eigenvalue weighted by Crippen LogP contribution is -2.67. The molecule has 2 amide bonds. The Balaban J connectivity index is 2.32. The zero-order chi connectivity index (χ0) is 31.6. The van der Waals surface area contributed by atoms with Gasteiger partial charge in [0.2, 0.25) is 5.91 Å². The van der Waals surface area contributed by atoms with Gasteiger partial charge in [0.05, 0.1) is 6.10 Å². The van der Waals surface area contributed by atoms with Crippen LogP contribution in [0.25, 0.3) is 0 Å². The molecule has 0 bridgehead atoms. The molecular weight excluding hydrogens is 540 g/mol. The Morgan fingerprint density at radius 2 is 1.31 bits per heavy atom. The molecule has 0 spiro atoms. The zero-order valence-corrected chi connectivity index (χ0v) is 28.3. The molecule has 2 rings (SSSR count). The molecule has 0 aliphatic heterocycles. The highest BCUT2D eigenvalue weighted by Crippen LogP contribution is 2.38. The summed E-state index contributed by atoms with van der Waals surface area (Å²) < 4.78 is 12.7. The molecule has 0 unspecified atom stereocenters. The summed E-state index contributed by atoms with van der Waals surface area (Å²) in [6, 6.07) is 20.4. The second kappa shape index (κ2) is 14.8. The van der Waals surface area contributed by atoms with E-state index in [2.05, 4.69) is 86.0 Å². The summed E-state index contributed by atoms with van der Waals surface area (Å²) >= 11 is 0. The van der Waals surface area contributed by atoms with Crippen LogP contribution < -0.4 is 21.0 Å². The fraction of sp³-hybridized carbons (Fsp3) is 0.486. The van der Waals surface area contributed by atoms with Gasteiger partial charge in [-0.15, -0.1) is 0 Å². The topological polar surface area (TPSA) is 76.7 Å². The molecule has 0 heterocycles. The maximum absolute atomic E-state index is 13.2. The van der Waals surface area contributed by atoms with Gasteiger partial charge in [0.25, 0.3) is 8.32 Å². The van der Waals surface area contributed by atoms with Gasteiger partial charge in [0.15, 0.2) is 0 Å². The molecule has 2 atom stereocenters. The Morgan fingerprint density at radius 1 is 0.810 bits per heavy atom. The largest absolute Gasteiger partial charge is 0.444 e. The predicted molar refractivity (Wildman–Crippen MR) is 176 cm³/mol.